The van der Waals surface area contributed by atoms with Crippen LogP contribution < -0.4 is 10.2 Å². The first kappa shape index (κ1) is 60.2. The number of amides is 1. The van der Waals surface area contributed by atoms with Gasteiger partial charge in [-0.2, -0.15) is 0 Å². The third kappa shape index (κ3) is 47.0. The first-order chi connectivity index (χ1) is 29.5. The standard InChI is InChI=1S/C52H105N2O6P/c1-6-8-10-12-14-16-17-18-19-20-21-22-23-24-25-26-27-28-29-30-31-32-33-34-35-36-38-40-42-44-46-52(56)53-50(49-60-61(57,58)59-48-47-54(3,4)5)51(55)45-43-41-39-37-15-13-11-9-7-2/h43,45,50-51,55H,6-42,44,46-49H2,1-5H3,(H-,53,56,57,58)/b45-43+/t50-,51+/m0/s1. The van der Waals surface area contributed by atoms with Crippen LogP contribution in [0, 0.1) is 0 Å². The molecule has 1 unspecified atom stereocenters. The van der Waals surface area contributed by atoms with Gasteiger partial charge in [0.2, 0.25) is 5.91 Å². The minimum absolute atomic E-state index is 0.00187. The second-order valence-corrected chi connectivity index (χ2v) is 21.0. The van der Waals surface area contributed by atoms with E-state index >= 15 is 0 Å². The Morgan fingerprint density at radius 2 is 0.885 bits per heavy atom. The molecule has 0 heterocycles. The van der Waals surface area contributed by atoms with Crippen LogP contribution in [0.3, 0.4) is 0 Å². The van der Waals surface area contributed by atoms with Crippen LogP contribution in [0.5, 0.6) is 0 Å². The van der Waals surface area contributed by atoms with Gasteiger partial charge in [0.25, 0.3) is 7.82 Å². The Morgan fingerprint density at radius 3 is 1.23 bits per heavy atom. The number of aliphatic hydroxyl groups excluding tert-OH is 1. The molecule has 0 aliphatic rings. The number of hydrogen-bond acceptors (Lipinski definition) is 6. The zero-order chi connectivity index (χ0) is 45.0. The number of unbranched alkanes of at least 4 members (excludes halogenated alkanes) is 36. The molecule has 364 valence electrons. The van der Waals surface area contributed by atoms with Gasteiger partial charge in [-0.05, 0) is 19.3 Å². The number of allylic oxidation sites excluding steroid dienone is 1. The van der Waals surface area contributed by atoms with E-state index in [9.17, 15) is 19.4 Å². The van der Waals surface area contributed by atoms with E-state index in [-0.39, 0.29) is 19.1 Å². The Hall–Kier alpha value is -0.760. The molecule has 0 rings (SSSR count). The summed E-state index contributed by atoms with van der Waals surface area (Å²) in [6.07, 6.45) is 53.1. The summed E-state index contributed by atoms with van der Waals surface area (Å²) in [6.45, 7) is 4.64. The second kappa shape index (κ2) is 44.4. The number of nitrogens with one attached hydrogen (secondary N) is 1. The van der Waals surface area contributed by atoms with Crippen LogP contribution >= 0.6 is 7.82 Å². The fourth-order valence-corrected chi connectivity index (χ4v) is 8.76. The van der Waals surface area contributed by atoms with Gasteiger partial charge in [0, 0.05) is 6.42 Å². The lowest BCUT2D eigenvalue weighted by Gasteiger charge is -2.29. The van der Waals surface area contributed by atoms with Crippen molar-refractivity contribution in [3.8, 4) is 0 Å². The molecule has 0 saturated carbocycles. The number of nitrogens with zero attached hydrogens (tertiary/aromatic N) is 1. The number of carbonyl (C=O) groups excluding carboxylic acids is 1. The van der Waals surface area contributed by atoms with E-state index in [4.69, 9.17) is 9.05 Å². The predicted molar refractivity (Wildman–Crippen MR) is 261 cm³/mol. The molecular weight excluding hydrogens is 780 g/mol. The van der Waals surface area contributed by atoms with Crippen molar-refractivity contribution < 1.29 is 32.9 Å². The Kier molecular flexibility index (Phi) is 43.9. The van der Waals surface area contributed by atoms with Crippen LogP contribution in [-0.4, -0.2) is 68.5 Å². The lowest BCUT2D eigenvalue weighted by Crippen LogP contribution is -2.45. The zero-order valence-corrected chi connectivity index (χ0v) is 42.3. The van der Waals surface area contributed by atoms with Gasteiger partial charge in [-0.25, -0.2) is 0 Å². The molecule has 0 saturated heterocycles. The molecule has 0 fully saturated rings. The van der Waals surface area contributed by atoms with Gasteiger partial charge in [-0.1, -0.05) is 251 Å². The van der Waals surface area contributed by atoms with Crippen molar-refractivity contribution in [2.24, 2.45) is 0 Å². The molecule has 61 heavy (non-hydrogen) atoms. The first-order valence-corrected chi connectivity index (χ1v) is 28.0. The minimum atomic E-state index is -4.58. The molecule has 0 aromatic heterocycles. The van der Waals surface area contributed by atoms with E-state index in [0.29, 0.717) is 17.4 Å². The summed E-state index contributed by atoms with van der Waals surface area (Å²) in [6, 6.07) is -0.879. The molecule has 0 aromatic carbocycles. The van der Waals surface area contributed by atoms with Crippen molar-refractivity contribution in [1.29, 1.82) is 0 Å². The van der Waals surface area contributed by atoms with E-state index in [2.05, 4.69) is 19.2 Å². The average molecular weight is 885 g/mol. The molecule has 9 heteroatoms. The molecular formula is C52H105N2O6P. The molecule has 1 amide bonds. The molecule has 0 aliphatic heterocycles. The van der Waals surface area contributed by atoms with Gasteiger partial charge in [0.15, 0.2) is 0 Å². The maximum atomic E-state index is 12.9. The molecule has 3 atom stereocenters. The normalized spacial score (nSPS) is 14.1. The summed E-state index contributed by atoms with van der Waals surface area (Å²) in [7, 11) is 1.27. The van der Waals surface area contributed by atoms with E-state index in [0.717, 1.165) is 38.5 Å². The van der Waals surface area contributed by atoms with E-state index in [1.807, 2.05) is 27.2 Å². The monoisotopic (exact) mass is 885 g/mol. The van der Waals surface area contributed by atoms with E-state index in [1.54, 1.807) is 6.08 Å². The average Bonchev–Trinajstić information content (AvgIpc) is 3.21. The molecule has 0 aromatic rings. The summed E-state index contributed by atoms with van der Waals surface area (Å²) in [5, 5.41) is 13.7. The van der Waals surface area contributed by atoms with Crippen LogP contribution in [0.25, 0.3) is 0 Å². The topological polar surface area (TPSA) is 108 Å². The Labute approximate surface area is 380 Å². The van der Waals surface area contributed by atoms with Crippen LogP contribution in [0.4, 0.5) is 0 Å². The summed E-state index contributed by atoms with van der Waals surface area (Å²) in [5.41, 5.74) is 0. The van der Waals surface area contributed by atoms with Crippen LogP contribution in [0.15, 0.2) is 12.2 Å². The number of hydrogen-bond donors (Lipinski definition) is 2. The molecule has 0 radical (unpaired) electrons. The molecule has 8 nitrogen and oxygen atoms in total. The lowest BCUT2D eigenvalue weighted by atomic mass is 10.0. The van der Waals surface area contributed by atoms with E-state index < -0.39 is 20.0 Å². The van der Waals surface area contributed by atoms with Gasteiger partial charge in [-0.3, -0.25) is 9.36 Å². The second-order valence-electron chi connectivity index (χ2n) is 19.6. The van der Waals surface area contributed by atoms with Crippen molar-refractivity contribution in [3.05, 3.63) is 12.2 Å². The first-order valence-electron chi connectivity index (χ1n) is 26.6. The van der Waals surface area contributed by atoms with Crippen molar-refractivity contribution in [3.63, 3.8) is 0 Å². The largest absolute Gasteiger partial charge is 0.756 e. The third-order valence-electron chi connectivity index (χ3n) is 12.2. The highest BCUT2D eigenvalue weighted by atomic mass is 31.2. The summed E-state index contributed by atoms with van der Waals surface area (Å²) in [5.74, 6) is -0.194. The Bertz CT molecular complexity index is 1000. The lowest BCUT2D eigenvalue weighted by molar-refractivity contribution is -0.870. The van der Waals surface area contributed by atoms with Crippen molar-refractivity contribution in [2.75, 3.05) is 40.9 Å². The number of rotatable bonds is 49. The number of quaternary nitrogens is 1. The SMILES string of the molecule is CCCCCCCCC/C=C/[C@@H](O)[C@H](COP(=O)([O-])OCC[N+](C)(C)C)NC(=O)CCCCCCCCCCCCCCCCCCCCCCCCCCCCCCCC. The predicted octanol–water partition coefficient (Wildman–Crippen LogP) is 14.8. The van der Waals surface area contributed by atoms with E-state index in [1.165, 1.54) is 205 Å². The smallest absolute Gasteiger partial charge is 0.268 e. The van der Waals surface area contributed by atoms with Crippen molar-refractivity contribution in [2.45, 2.75) is 276 Å². The highest BCUT2D eigenvalue weighted by Gasteiger charge is 2.23. The Morgan fingerprint density at radius 1 is 0.557 bits per heavy atom. The summed E-state index contributed by atoms with van der Waals surface area (Å²) in [4.78, 5) is 25.3. The number of likely N-dealkylation sites (N-methyl/N-ethyl adjacent to an activating group) is 1. The fourth-order valence-electron chi connectivity index (χ4n) is 8.04. The van der Waals surface area contributed by atoms with Crippen molar-refractivity contribution >= 4 is 13.7 Å². The zero-order valence-electron chi connectivity index (χ0n) is 41.4. The fraction of sp³-hybridized carbons (Fsp3) is 0.942. The highest BCUT2D eigenvalue weighted by molar-refractivity contribution is 7.45. The van der Waals surface area contributed by atoms with Crippen LogP contribution in [0.2, 0.25) is 0 Å². The van der Waals surface area contributed by atoms with Crippen LogP contribution in [-0.2, 0) is 18.4 Å². The van der Waals surface area contributed by atoms with Gasteiger partial charge in [-0.15, -0.1) is 0 Å². The highest BCUT2D eigenvalue weighted by Crippen LogP contribution is 2.38. The van der Waals surface area contributed by atoms with Gasteiger partial charge >= 0.3 is 0 Å². The molecule has 0 aliphatic carbocycles. The van der Waals surface area contributed by atoms with Gasteiger partial charge in [0.05, 0.1) is 39.9 Å². The Balaban J connectivity index is 3.93. The maximum Gasteiger partial charge on any atom is 0.268 e. The quantitative estimate of drug-likeness (QED) is 0.0273. The number of phosphoric ester groups is 1. The molecule has 0 bridgehead atoms. The maximum absolute atomic E-state index is 12.9. The van der Waals surface area contributed by atoms with Crippen LogP contribution in [0.1, 0.15) is 264 Å². The van der Waals surface area contributed by atoms with Crippen molar-refractivity contribution in [1.82, 2.24) is 5.32 Å². The third-order valence-corrected chi connectivity index (χ3v) is 13.2. The molecule has 0 spiro atoms. The summed E-state index contributed by atoms with van der Waals surface area (Å²) >= 11 is 0. The minimum Gasteiger partial charge on any atom is -0.756 e. The summed E-state index contributed by atoms with van der Waals surface area (Å²) < 4.78 is 23.2. The number of carbonyl (C=O) groups is 1. The number of aliphatic hydroxyl groups is 1. The van der Waals surface area contributed by atoms with Gasteiger partial charge in [0.1, 0.15) is 13.2 Å². The van der Waals surface area contributed by atoms with Gasteiger partial charge < -0.3 is 28.8 Å². The number of phosphoric acid groups is 1. The molecule has 2 N–H and O–H groups in total.